The maximum absolute atomic E-state index is 5.25. The van der Waals surface area contributed by atoms with Gasteiger partial charge in [0.1, 0.15) is 10.8 Å². The van der Waals surface area contributed by atoms with E-state index in [4.69, 9.17) is 4.74 Å². The van der Waals surface area contributed by atoms with Gasteiger partial charge in [-0.15, -0.1) is 11.3 Å². The summed E-state index contributed by atoms with van der Waals surface area (Å²) >= 11 is 1.74. The van der Waals surface area contributed by atoms with Crippen LogP contribution in [-0.4, -0.2) is 12.1 Å². The molecular formula is C17H22N2OS. The van der Waals surface area contributed by atoms with Gasteiger partial charge in [0.05, 0.1) is 13.2 Å². The zero-order valence-electron chi connectivity index (χ0n) is 12.8. The summed E-state index contributed by atoms with van der Waals surface area (Å²) in [5, 5.41) is 7.06. The van der Waals surface area contributed by atoms with Crippen molar-refractivity contribution >= 4 is 11.3 Å². The van der Waals surface area contributed by atoms with Crippen molar-refractivity contribution in [2.45, 2.75) is 38.8 Å². The van der Waals surface area contributed by atoms with E-state index < -0.39 is 0 Å². The topological polar surface area (TPSA) is 34.1 Å². The molecule has 1 aliphatic carbocycles. The van der Waals surface area contributed by atoms with Crippen LogP contribution in [0, 0.1) is 12.8 Å². The molecule has 4 heteroatoms. The largest absolute Gasteiger partial charge is 0.497 e. The van der Waals surface area contributed by atoms with Crippen LogP contribution in [0.2, 0.25) is 0 Å². The maximum Gasteiger partial charge on any atom is 0.118 e. The van der Waals surface area contributed by atoms with Crippen LogP contribution in [0.4, 0.5) is 0 Å². The second-order valence-electron chi connectivity index (χ2n) is 5.80. The van der Waals surface area contributed by atoms with Crippen molar-refractivity contribution in [1.82, 2.24) is 10.3 Å². The van der Waals surface area contributed by atoms with Gasteiger partial charge in [-0.2, -0.15) is 0 Å². The summed E-state index contributed by atoms with van der Waals surface area (Å²) < 4.78 is 5.25. The van der Waals surface area contributed by atoms with Crippen molar-refractivity contribution in [3.05, 3.63) is 45.9 Å². The molecule has 1 N–H and O–H groups in total. The molecule has 1 aromatic heterocycles. The molecule has 112 valence electrons. The molecule has 3 nitrogen and oxygen atoms in total. The molecule has 1 fully saturated rings. The van der Waals surface area contributed by atoms with E-state index in [2.05, 4.69) is 41.7 Å². The van der Waals surface area contributed by atoms with Crippen LogP contribution >= 0.6 is 11.3 Å². The average Bonchev–Trinajstić information content (AvgIpc) is 3.25. The lowest BCUT2D eigenvalue weighted by molar-refractivity contribution is 0.411. The highest BCUT2D eigenvalue weighted by Crippen LogP contribution is 2.42. The predicted molar refractivity (Wildman–Crippen MR) is 86.9 cm³/mol. The monoisotopic (exact) mass is 302 g/mol. The summed E-state index contributed by atoms with van der Waals surface area (Å²) in [6.07, 6.45) is 2.63. The Kier molecular flexibility index (Phi) is 4.27. The number of hydrogen-bond donors (Lipinski definition) is 1. The number of nitrogens with zero attached hydrogens (tertiary/aromatic N) is 1. The van der Waals surface area contributed by atoms with E-state index in [0.29, 0.717) is 6.04 Å². The normalized spacial score (nSPS) is 17.5. The van der Waals surface area contributed by atoms with Crippen LogP contribution < -0.4 is 10.1 Å². The Hall–Kier alpha value is -1.39. The molecule has 1 saturated carbocycles. The number of ether oxygens (including phenoxy) is 1. The number of rotatable bonds is 6. The van der Waals surface area contributed by atoms with E-state index in [1.165, 1.54) is 23.4 Å². The van der Waals surface area contributed by atoms with E-state index in [0.717, 1.165) is 17.4 Å². The van der Waals surface area contributed by atoms with Gasteiger partial charge in [0.2, 0.25) is 0 Å². The molecule has 0 bridgehead atoms. The lowest BCUT2D eigenvalue weighted by Crippen LogP contribution is -2.26. The molecule has 1 heterocycles. The Labute approximate surface area is 130 Å². The van der Waals surface area contributed by atoms with Crippen LogP contribution in [0.15, 0.2) is 29.6 Å². The molecule has 3 rings (SSSR count). The van der Waals surface area contributed by atoms with Crippen molar-refractivity contribution in [1.29, 1.82) is 0 Å². The highest BCUT2D eigenvalue weighted by Gasteiger charge is 2.33. The van der Waals surface area contributed by atoms with Gasteiger partial charge in [-0.3, -0.25) is 0 Å². The Bertz CT molecular complexity index is 589. The first-order valence-corrected chi connectivity index (χ1v) is 8.37. The van der Waals surface area contributed by atoms with Gasteiger partial charge >= 0.3 is 0 Å². The van der Waals surface area contributed by atoms with E-state index in [9.17, 15) is 0 Å². The number of nitrogens with one attached hydrogen (secondary N) is 1. The van der Waals surface area contributed by atoms with E-state index in [-0.39, 0.29) is 6.04 Å². The number of hydrogen-bond acceptors (Lipinski definition) is 4. The first-order valence-electron chi connectivity index (χ1n) is 7.49. The molecule has 0 amide bonds. The summed E-state index contributed by atoms with van der Waals surface area (Å²) in [6.45, 7) is 4.26. The highest BCUT2D eigenvalue weighted by molar-refractivity contribution is 7.09. The summed E-state index contributed by atoms with van der Waals surface area (Å²) in [4.78, 5) is 4.60. The summed E-state index contributed by atoms with van der Waals surface area (Å²) in [7, 11) is 1.71. The fraction of sp³-hybridized carbons (Fsp3) is 0.471. The van der Waals surface area contributed by atoms with Crippen LogP contribution in [0.1, 0.15) is 48.1 Å². The van der Waals surface area contributed by atoms with Crippen molar-refractivity contribution in [3.63, 3.8) is 0 Å². The third kappa shape index (κ3) is 3.44. The van der Waals surface area contributed by atoms with Gasteiger partial charge in [0.15, 0.2) is 0 Å². The number of aryl methyl sites for hydroxylation is 1. The van der Waals surface area contributed by atoms with Gasteiger partial charge in [-0.25, -0.2) is 4.98 Å². The molecule has 1 aromatic carbocycles. The predicted octanol–water partition coefficient (Wildman–Crippen LogP) is 4.26. The van der Waals surface area contributed by atoms with E-state index in [1.807, 2.05) is 12.1 Å². The molecule has 0 spiro atoms. The van der Waals surface area contributed by atoms with Gasteiger partial charge < -0.3 is 10.1 Å². The van der Waals surface area contributed by atoms with Crippen molar-refractivity contribution in [2.24, 2.45) is 5.92 Å². The molecule has 0 radical (unpaired) electrons. The van der Waals surface area contributed by atoms with Gasteiger partial charge in [0, 0.05) is 17.1 Å². The molecule has 21 heavy (non-hydrogen) atoms. The van der Waals surface area contributed by atoms with Crippen molar-refractivity contribution < 1.29 is 4.74 Å². The first kappa shape index (κ1) is 14.5. The molecule has 2 unspecified atom stereocenters. The molecular weight excluding hydrogens is 280 g/mol. The smallest absolute Gasteiger partial charge is 0.118 e. The third-order valence-electron chi connectivity index (χ3n) is 4.01. The maximum atomic E-state index is 5.25. The fourth-order valence-electron chi connectivity index (χ4n) is 2.66. The highest BCUT2D eigenvalue weighted by atomic mass is 32.1. The minimum Gasteiger partial charge on any atom is -0.497 e. The SMILES string of the molecule is COc1ccc(C(NC(C)c2nc(C)cs2)C2CC2)cc1. The molecule has 1 aliphatic rings. The Balaban J connectivity index is 1.75. The molecule has 2 aromatic rings. The van der Waals surface area contributed by atoms with Crippen LogP contribution in [0.25, 0.3) is 0 Å². The molecule has 2 atom stereocenters. The second-order valence-corrected chi connectivity index (χ2v) is 6.69. The number of thiazole rings is 1. The minimum absolute atomic E-state index is 0.288. The van der Waals surface area contributed by atoms with Crippen LogP contribution in [0.5, 0.6) is 5.75 Å². The van der Waals surface area contributed by atoms with Crippen LogP contribution in [-0.2, 0) is 0 Å². The quantitative estimate of drug-likeness (QED) is 0.865. The van der Waals surface area contributed by atoms with Gasteiger partial charge in [-0.05, 0) is 50.3 Å². The molecule has 0 saturated heterocycles. The Morgan fingerprint density at radius 3 is 2.52 bits per heavy atom. The lowest BCUT2D eigenvalue weighted by Gasteiger charge is -2.23. The zero-order valence-corrected chi connectivity index (χ0v) is 13.6. The van der Waals surface area contributed by atoms with E-state index >= 15 is 0 Å². The first-order chi connectivity index (χ1) is 10.2. The van der Waals surface area contributed by atoms with Gasteiger partial charge in [0.25, 0.3) is 0 Å². The lowest BCUT2D eigenvalue weighted by atomic mass is 10.0. The Morgan fingerprint density at radius 2 is 2.00 bits per heavy atom. The minimum atomic E-state index is 0.288. The summed E-state index contributed by atoms with van der Waals surface area (Å²) in [6, 6.07) is 9.14. The number of methoxy groups -OCH3 is 1. The standard InChI is InChI=1S/C17H22N2OS/c1-11-10-21-17(18-11)12(2)19-16(13-4-5-13)14-6-8-15(20-3)9-7-14/h6-10,12-13,16,19H,4-5H2,1-3H3. The molecule has 0 aliphatic heterocycles. The summed E-state index contributed by atoms with van der Waals surface area (Å²) in [5.41, 5.74) is 2.45. The van der Waals surface area contributed by atoms with Crippen LogP contribution in [0.3, 0.4) is 0 Å². The van der Waals surface area contributed by atoms with Crippen molar-refractivity contribution in [3.8, 4) is 5.75 Å². The fourth-order valence-corrected chi connectivity index (χ4v) is 3.47. The van der Waals surface area contributed by atoms with Crippen molar-refractivity contribution in [2.75, 3.05) is 7.11 Å². The van der Waals surface area contributed by atoms with Gasteiger partial charge in [-0.1, -0.05) is 12.1 Å². The number of benzene rings is 1. The Morgan fingerprint density at radius 1 is 1.29 bits per heavy atom. The second kappa shape index (κ2) is 6.16. The summed E-state index contributed by atoms with van der Waals surface area (Å²) in [5.74, 6) is 1.67. The number of aromatic nitrogens is 1. The van der Waals surface area contributed by atoms with E-state index in [1.54, 1.807) is 18.4 Å². The third-order valence-corrected chi connectivity index (χ3v) is 5.15. The average molecular weight is 302 g/mol. The zero-order chi connectivity index (χ0) is 14.8.